The van der Waals surface area contributed by atoms with E-state index in [0.29, 0.717) is 5.82 Å². The summed E-state index contributed by atoms with van der Waals surface area (Å²) in [5, 5.41) is 15.7. The molecule has 0 saturated carbocycles. The molecule has 13 nitrogen and oxygen atoms in total. The molecule has 3 N–H and O–H groups in total. The van der Waals surface area contributed by atoms with E-state index in [2.05, 4.69) is 27.6 Å². The third-order valence-electron chi connectivity index (χ3n) is 8.94. The van der Waals surface area contributed by atoms with Gasteiger partial charge in [0.05, 0.1) is 6.10 Å². The number of piperidine rings is 1. The van der Waals surface area contributed by atoms with E-state index in [1.165, 1.54) is 41.6 Å². The van der Waals surface area contributed by atoms with Crippen LogP contribution in [-0.2, 0) is 9.47 Å². The summed E-state index contributed by atoms with van der Waals surface area (Å²) < 4.78 is 60.5. The third-order valence-corrected chi connectivity index (χ3v) is 10.7. The monoisotopic (exact) mass is 850 g/mol. The van der Waals surface area contributed by atoms with Crippen LogP contribution in [0.15, 0.2) is 36.4 Å². The molecule has 0 unspecified atom stereocenters. The van der Waals surface area contributed by atoms with Gasteiger partial charge in [-0.1, -0.05) is 0 Å². The van der Waals surface area contributed by atoms with E-state index in [0.717, 1.165) is 25.7 Å². The summed E-state index contributed by atoms with van der Waals surface area (Å²) in [6.45, 7) is 11.7. The molecular weight excluding hydrogens is 800 g/mol. The zero-order valence-electron chi connectivity index (χ0n) is 32.7. The Balaban J connectivity index is 1.48. The fourth-order valence-electron chi connectivity index (χ4n) is 6.72. The number of halogens is 3. The van der Waals surface area contributed by atoms with Gasteiger partial charge in [0.1, 0.15) is 0 Å². The number of hydrogen-bond donors (Lipinski definition) is 3. The van der Waals surface area contributed by atoms with Crippen LogP contribution in [0, 0.1) is 11.8 Å². The number of alkyl halides is 3. The first-order valence-electron chi connectivity index (χ1n) is 18.3. The Morgan fingerprint density at radius 3 is 2.38 bits per heavy atom. The Bertz CT molecular complexity index is 2000. The van der Waals surface area contributed by atoms with Crippen molar-refractivity contribution in [1.29, 1.82) is 0 Å². The standard InChI is InChI=1S/C39H49F3N6O7Se/c1-23(49)22-43-34(50)24-14-18-29(31(21-24)53-8)46(35(51)54-37(2,3)4)20-10-11-27-33(56-39(40,41)42)30-12-9-13-32(48(30)45-27)44-26-17-15-25-16-19-28(26)47(25)36(52)55-38(5,6)7/h9,12-14,18,21,23,25-26,28,44,49H,15-17,19-20,22H2,1-8H3,(H,43,50)/t23-,25-,26-,28-/m1/s1. The van der Waals surface area contributed by atoms with Gasteiger partial charge in [0, 0.05) is 6.54 Å². The second-order valence-electron chi connectivity index (χ2n) is 15.8. The number of pyridine rings is 1. The van der Waals surface area contributed by atoms with Gasteiger partial charge in [-0.3, -0.25) is 0 Å². The van der Waals surface area contributed by atoms with Crippen LogP contribution in [0.5, 0.6) is 5.75 Å². The van der Waals surface area contributed by atoms with Gasteiger partial charge in [0.25, 0.3) is 0 Å². The molecule has 56 heavy (non-hydrogen) atoms. The number of rotatable bonds is 9. The van der Waals surface area contributed by atoms with Crippen molar-refractivity contribution >= 4 is 54.5 Å². The van der Waals surface area contributed by atoms with Crippen molar-refractivity contribution in [2.45, 2.75) is 115 Å². The normalized spacial score (nSPS) is 18.8. The van der Waals surface area contributed by atoms with Crippen molar-refractivity contribution in [2.24, 2.45) is 0 Å². The van der Waals surface area contributed by atoms with E-state index >= 15 is 0 Å². The number of carbonyl (C=O) groups is 3. The number of aliphatic hydroxyl groups excluding tert-OH is 1. The molecule has 0 spiro atoms. The first kappa shape index (κ1) is 42.5. The molecule has 3 amide bonds. The van der Waals surface area contributed by atoms with Gasteiger partial charge >= 0.3 is 307 Å². The number of aliphatic hydroxyl groups is 1. The van der Waals surface area contributed by atoms with Crippen molar-refractivity contribution in [2.75, 3.05) is 30.4 Å². The third kappa shape index (κ3) is 10.6. The number of nitrogens with one attached hydrogen (secondary N) is 2. The molecule has 1 aromatic carbocycles. The van der Waals surface area contributed by atoms with E-state index in [4.69, 9.17) is 14.2 Å². The van der Waals surface area contributed by atoms with Crippen molar-refractivity contribution in [3.05, 3.63) is 47.7 Å². The number of benzene rings is 1. The number of aromatic nitrogens is 2. The summed E-state index contributed by atoms with van der Waals surface area (Å²) in [6, 6.07) is 9.00. The van der Waals surface area contributed by atoms with Crippen LogP contribution in [0.3, 0.4) is 0 Å². The summed E-state index contributed by atoms with van der Waals surface area (Å²) in [4.78, 5) is 42.4. The van der Waals surface area contributed by atoms with Gasteiger partial charge < -0.3 is 5.11 Å². The van der Waals surface area contributed by atoms with Gasteiger partial charge in [-0.05, 0) is 6.92 Å². The van der Waals surface area contributed by atoms with E-state index in [9.17, 15) is 32.7 Å². The molecule has 2 aliphatic rings. The van der Waals surface area contributed by atoms with Gasteiger partial charge in [-0.15, -0.1) is 0 Å². The maximum absolute atomic E-state index is 14.1. The molecule has 17 heteroatoms. The Hall–Kier alpha value is -4.65. The van der Waals surface area contributed by atoms with Crippen LogP contribution < -0.4 is 24.7 Å². The fraction of sp³-hybridized carbons (Fsp3) is 0.538. The predicted molar refractivity (Wildman–Crippen MR) is 206 cm³/mol. The second-order valence-corrected chi connectivity index (χ2v) is 18.0. The van der Waals surface area contributed by atoms with Crippen LogP contribution in [0.4, 0.5) is 34.3 Å². The summed E-state index contributed by atoms with van der Waals surface area (Å²) in [5.41, 5.74) is -1.04. The minimum atomic E-state index is -4.52. The number of hydrogen-bond acceptors (Lipinski definition) is 9. The van der Waals surface area contributed by atoms with Crippen LogP contribution in [0.1, 0.15) is 90.2 Å². The number of ether oxygens (including phenoxy) is 3. The van der Waals surface area contributed by atoms with Crippen molar-refractivity contribution in [3.63, 3.8) is 0 Å². The van der Waals surface area contributed by atoms with Gasteiger partial charge in [0.2, 0.25) is 0 Å². The topological polar surface area (TPSA) is 147 Å². The zero-order valence-corrected chi connectivity index (χ0v) is 34.5. The van der Waals surface area contributed by atoms with Crippen LogP contribution in [0.25, 0.3) is 5.52 Å². The second kappa shape index (κ2) is 16.8. The number of amides is 3. The van der Waals surface area contributed by atoms with Crippen molar-refractivity contribution in [1.82, 2.24) is 19.8 Å². The van der Waals surface area contributed by atoms with Gasteiger partial charge in [-0.25, -0.2) is 0 Å². The molecule has 2 aromatic heterocycles. The number of fused-ring (bicyclic) bond motifs is 3. The number of nitrogens with zero attached hydrogens (tertiary/aromatic N) is 4. The average Bonchev–Trinajstić information content (AvgIpc) is 3.60. The molecule has 2 bridgehead atoms. The fourth-order valence-corrected chi connectivity index (χ4v) is 8.14. The summed E-state index contributed by atoms with van der Waals surface area (Å²) in [6.07, 6.45) is 1.14. The SMILES string of the molecule is COc1cc(C(=O)NC[C@@H](C)O)ccc1N(CC#Cc1nn2c(N[C@@H]3CC[C@@H]4CC[C@H]3N4C(=O)OC(C)(C)C)cccc2c1[Se]C(F)(F)F)C(=O)OC(C)(C)C. The Morgan fingerprint density at radius 1 is 1.04 bits per heavy atom. The number of anilines is 2. The van der Waals surface area contributed by atoms with E-state index in [-0.39, 0.29) is 70.0 Å². The molecule has 2 saturated heterocycles. The van der Waals surface area contributed by atoms with Gasteiger partial charge in [-0.2, -0.15) is 0 Å². The molecule has 0 aliphatic carbocycles. The quantitative estimate of drug-likeness (QED) is 0.189. The van der Waals surface area contributed by atoms with Crippen LogP contribution in [0.2, 0.25) is 0 Å². The molecule has 5 rings (SSSR count). The van der Waals surface area contributed by atoms with E-state index < -0.39 is 49.3 Å². The number of methoxy groups -OCH3 is 1. The molecule has 2 fully saturated rings. The Morgan fingerprint density at radius 2 is 1.73 bits per heavy atom. The summed E-state index contributed by atoms with van der Waals surface area (Å²) in [5.74, 6) is 5.74. The predicted octanol–water partition coefficient (Wildman–Crippen LogP) is 5.44. The average molecular weight is 850 g/mol. The molecule has 4 heterocycles. The Kier molecular flexibility index (Phi) is 12.8. The van der Waals surface area contributed by atoms with E-state index in [1.807, 2.05) is 20.8 Å². The van der Waals surface area contributed by atoms with Crippen LogP contribution >= 0.6 is 0 Å². The zero-order chi connectivity index (χ0) is 41.2. The summed E-state index contributed by atoms with van der Waals surface area (Å²) in [7, 11) is 1.36. The molecular formula is C39H49F3N6O7Se. The Labute approximate surface area is 330 Å². The van der Waals surface area contributed by atoms with Crippen LogP contribution in [-0.4, -0.2) is 113 Å². The summed E-state index contributed by atoms with van der Waals surface area (Å²) >= 11 is -2.02. The first-order valence-corrected chi connectivity index (χ1v) is 20.0. The maximum atomic E-state index is 14.1. The van der Waals surface area contributed by atoms with Crippen molar-refractivity contribution in [3.8, 4) is 17.6 Å². The van der Waals surface area contributed by atoms with Crippen molar-refractivity contribution < 1.29 is 46.9 Å². The molecule has 4 atom stereocenters. The minimum absolute atomic E-state index is 0.0228. The first-order chi connectivity index (χ1) is 26.1. The molecule has 3 aromatic rings. The van der Waals surface area contributed by atoms with Gasteiger partial charge in [0.15, 0.2) is 0 Å². The molecule has 0 radical (unpaired) electrons. The molecule has 2 aliphatic heterocycles. The number of carbonyl (C=O) groups excluding carboxylic acids is 3. The van der Waals surface area contributed by atoms with E-state index in [1.54, 1.807) is 43.9 Å². The molecule has 304 valence electrons.